The van der Waals surface area contributed by atoms with Gasteiger partial charge in [-0.3, -0.25) is 9.89 Å². The van der Waals surface area contributed by atoms with Gasteiger partial charge in [0.1, 0.15) is 0 Å². The number of aromatic amines is 2. The molecule has 0 saturated heterocycles. The van der Waals surface area contributed by atoms with E-state index in [0.717, 1.165) is 55.5 Å². The summed E-state index contributed by atoms with van der Waals surface area (Å²) in [5, 5.41) is 11.2. The number of carbonyl (C=O) groups is 1. The smallest absolute Gasteiger partial charge is 0.292 e. The van der Waals surface area contributed by atoms with Gasteiger partial charge in [-0.05, 0) is 63.0 Å². The van der Waals surface area contributed by atoms with Crippen LogP contribution in [0.4, 0.5) is 0 Å². The molecule has 3 N–H and O–H groups in total. The van der Waals surface area contributed by atoms with Crippen molar-refractivity contribution in [1.29, 1.82) is 0 Å². The van der Waals surface area contributed by atoms with Crippen molar-refractivity contribution in [3.05, 3.63) is 40.0 Å². The standard InChI is InChI=1S/C17H21N5O/c23-17(16-13-6-2-4-8-15(13)20-21-16)22-18-10-12-9-11-5-1-3-7-14(11)19-12/h9-10,19H,1-8H2,(H,20,21)(H,22,23). The molecule has 0 spiro atoms. The second-order valence-corrected chi connectivity index (χ2v) is 6.37. The monoisotopic (exact) mass is 311 g/mol. The van der Waals surface area contributed by atoms with Gasteiger partial charge in [-0.15, -0.1) is 0 Å². The minimum Gasteiger partial charge on any atom is -0.357 e. The minimum absolute atomic E-state index is 0.239. The van der Waals surface area contributed by atoms with E-state index in [1.165, 1.54) is 24.1 Å². The number of aromatic nitrogens is 3. The third-order valence-corrected chi connectivity index (χ3v) is 4.78. The number of rotatable bonds is 3. The summed E-state index contributed by atoms with van der Waals surface area (Å²) < 4.78 is 0. The van der Waals surface area contributed by atoms with Crippen LogP contribution in [0.3, 0.4) is 0 Å². The molecule has 0 unspecified atom stereocenters. The van der Waals surface area contributed by atoms with E-state index in [4.69, 9.17) is 0 Å². The Morgan fingerprint density at radius 1 is 1.13 bits per heavy atom. The number of nitrogens with zero attached hydrogens (tertiary/aromatic N) is 2. The third-order valence-electron chi connectivity index (χ3n) is 4.78. The zero-order valence-electron chi connectivity index (χ0n) is 13.1. The third kappa shape index (κ3) is 2.81. The van der Waals surface area contributed by atoms with Gasteiger partial charge in [-0.25, -0.2) is 5.43 Å². The molecule has 2 aliphatic rings. The lowest BCUT2D eigenvalue weighted by atomic mass is 9.96. The van der Waals surface area contributed by atoms with Gasteiger partial charge in [0.25, 0.3) is 5.91 Å². The molecule has 0 aromatic carbocycles. The molecule has 6 nitrogen and oxygen atoms in total. The Labute approximate surface area is 134 Å². The number of hydrogen-bond donors (Lipinski definition) is 3. The Morgan fingerprint density at radius 2 is 1.91 bits per heavy atom. The van der Waals surface area contributed by atoms with Gasteiger partial charge in [0, 0.05) is 17.0 Å². The van der Waals surface area contributed by atoms with Crippen LogP contribution in [0.2, 0.25) is 0 Å². The summed E-state index contributed by atoms with van der Waals surface area (Å²) in [4.78, 5) is 15.6. The minimum atomic E-state index is -0.239. The van der Waals surface area contributed by atoms with Gasteiger partial charge in [-0.1, -0.05) is 0 Å². The van der Waals surface area contributed by atoms with Crippen LogP contribution in [0.15, 0.2) is 11.2 Å². The van der Waals surface area contributed by atoms with E-state index in [9.17, 15) is 4.79 Å². The summed E-state index contributed by atoms with van der Waals surface area (Å²) in [7, 11) is 0. The average Bonchev–Trinajstić information content (AvgIpc) is 3.18. The quantitative estimate of drug-likeness (QED) is 0.600. The first-order valence-corrected chi connectivity index (χ1v) is 8.41. The van der Waals surface area contributed by atoms with Gasteiger partial charge < -0.3 is 4.98 Å². The Morgan fingerprint density at radius 3 is 2.78 bits per heavy atom. The second kappa shape index (κ2) is 6.02. The Kier molecular flexibility index (Phi) is 3.73. The molecule has 2 heterocycles. The van der Waals surface area contributed by atoms with Gasteiger partial charge in [0.15, 0.2) is 5.69 Å². The number of aryl methyl sites for hydroxylation is 3. The molecule has 0 saturated carbocycles. The highest BCUT2D eigenvalue weighted by molar-refractivity contribution is 5.94. The zero-order valence-corrected chi connectivity index (χ0v) is 13.1. The van der Waals surface area contributed by atoms with E-state index in [1.807, 2.05) is 0 Å². The summed E-state index contributed by atoms with van der Waals surface area (Å²) in [6.45, 7) is 0. The summed E-state index contributed by atoms with van der Waals surface area (Å²) in [6, 6.07) is 2.13. The summed E-state index contributed by atoms with van der Waals surface area (Å²) in [5.41, 5.74) is 8.87. The summed E-state index contributed by atoms with van der Waals surface area (Å²) >= 11 is 0. The van der Waals surface area contributed by atoms with E-state index in [0.29, 0.717) is 5.69 Å². The molecule has 0 fully saturated rings. The Hall–Kier alpha value is -2.37. The molecule has 23 heavy (non-hydrogen) atoms. The number of hydrogen-bond acceptors (Lipinski definition) is 3. The number of H-pyrrole nitrogens is 2. The second-order valence-electron chi connectivity index (χ2n) is 6.37. The first-order chi connectivity index (χ1) is 11.3. The van der Waals surface area contributed by atoms with E-state index < -0.39 is 0 Å². The molecular weight excluding hydrogens is 290 g/mol. The lowest BCUT2D eigenvalue weighted by Gasteiger charge is -2.10. The van der Waals surface area contributed by atoms with Crippen molar-refractivity contribution in [2.45, 2.75) is 51.4 Å². The molecule has 1 amide bonds. The maximum Gasteiger partial charge on any atom is 0.292 e. The molecule has 6 heteroatoms. The molecule has 2 aromatic rings. The van der Waals surface area contributed by atoms with Gasteiger partial charge in [0.2, 0.25) is 0 Å². The maximum absolute atomic E-state index is 12.2. The highest BCUT2D eigenvalue weighted by atomic mass is 16.2. The van der Waals surface area contributed by atoms with Crippen molar-refractivity contribution in [3.8, 4) is 0 Å². The maximum atomic E-state index is 12.2. The highest BCUT2D eigenvalue weighted by Gasteiger charge is 2.21. The number of nitrogens with one attached hydrogen (secondary N) is 3. The van der Waals surface area contributed by atoms with Crippen molar-refractivity contribution in [2.24, 2.45) is 5.10 Å². The fraction of sp³-hybridized carbons (Fsp3) is 0.471. The molecule has 2 aliphatic carbocycles. The Bertz CT molecular complexity index is 732. The molecule has 0 bridgehead atoms. The number of fused-ring (bicyclic) bond motifs is 2. The van der Waals surface area contributed by atoms with E-state index >= 15 is 0 Å². The van der Waals surface area contributed by atoms with Crippen molar-refractivity contribution in [3.63, 3.8) is 0 Å². The first kappa shape index (κ1) is 14.2. The van der Waals surface area contributed by atoms with E-state index in [1.54, 1.807) is 6.21 Å². The predicted molar refractivity (Wildman–Crippen MR) is 87.7 cm³/mol. The van der Waals surface area contributed by atoms with E-state index in [2.05, 4.69) is 31.8 Å². The van der Waals surface area contributed by atoms with Crippen LogP contribution >= 0.6 is 0 Å². The lowest BCUT2D eigenvalue weighted by Crippen LogP contribution is -2.20. The van der Waals surface area contributed by atoms with Gasteiger partial charge >= 0.3 is 0 Å². The number of hydrazone groups is 1. The SMILES string of the molecule is O=C(NN=Cc1cc2c([nH]1)CCCC2)c1n[nH]c2c1CCCC2. The van der Waals surface area contributed by atoms with Crippen molar-refractivity contribution in [1.82, 2.24) is 20.6 Å². The van der Waals surface area contributed by atoms with Crippen molar-refractivity contribution >= 4 is 12.1 Å². The predicted octanol–water partition coefficient (Wildman–Crippen LogP) is 2.26. The van der Waals surface area contributed by atoms with Crippen LogP contribution in [0.1, 0.15) is 64.4 Å². The fourth-order valence-corrected chi connectivity index (χ4v) is 3.58. The average molecular weight is 311 g/mol. The van der Waals surface area contributed by atoms with Crippen LogP contribution in [-0.2, 0) is 25.7 Å². The highest BCUT2D eigenvalue weighted by Crippen LogP contribution is 2.22. The van der Waals surface area contributed by atoms with Gasteiger partial charge in [-0.2, -0.15) is 10.2 Å². The topological polar surface area (TPSA) is 85.9 Å². The van der Waals surface area contributed by atoms with Crippen molar-refractivity contribution < 1.29 is 4.79 Å². The zero-order chi connectivity index (χ0) is 15.6. The molecule has 0 atom stereocenters. The molecule has 0 radical (unpaired) electrons. The van der Waals surface area contributed by atoms with Crippen LogP contribution in [0, 0.1) is 0 Å². The molecule has 0 aliphatic heterocycles. The first-order valence-electron chi connectivity index (χ1n) is 8.41. The van der Waals surface area contributed by atoms with Crippen molar-refractivity contribution in [2.75, 3.05) is 0 Å². The van der Waals surface area contributed by atoms with Gasteiger partial charge in [0.05, 0.1) is 11.9 Å². The molecule has 2 aromatic heterocycles. The lowest BCUT2D eigenvalue weighted by molar-refractivity contribution is 0.0949. The molecule has 4 rings (SSSR count). The van der Waals surface area contributed by atoms with Crippen LogP contribution in [-0.4, -0.2) is 27.3 Å². The fourth-order valence-electron chi connectivity index (χ4n) is 3.58. The summed E-state index contributed by atoms with van der Waals surface area (Å²) in [6.07, 6.45) is 10.6. The largest absolute Gasteiger partial charge is 0.357 e. The number of amides is 1. The van der Waals surface area contributed by atoms with Crippen LogP contribution < -0.4 is 5.43 Å². The van der Waals surface area contributed by atoms with Crippen LogP contribution in [0.25, 0.3) is 0 Å². The molecular formula is C17H21N5O. The molecule has 120 valence electrons. The van der Waals surface area contributed by atoms with Crippen LogP contribution in [0.5, 0.6) is 0 Å². The van der Waals surface area contributed by atoms with E-state index in [-0.39, 0.29) is 5.91 Å². The Balaban J connectivity index is 1.43. The number of carbonyl (C=O) groups excluding carboxylic acids is 1. The summed E-state index contributed by atoms with van der Waals surface area (Å²) in [5.74, 6) is -0.239. The normalized spacial score (nSPS) is 17.0.